The van der Waals surface area contributed by atoms with Crippen molar-refractivity contribution in [2.75, 3.05) is 72.6 Å². The zero-order valence-electron chi connectivity index (χ0n) is 28.3. The molecule has 5 rings (SSSR count). The van der Waals surface area contributed by atoms with Crippen LogP contribution in [0.4, 0.5) is 5.95 Å². The number of hydrogen-bond acceptors (Lipinski definition) is 11. The third-order valence-electron chi connectivity index (χ3n) is 8.97. The van der Waals surface area contributed by atoms with E-state index < -0.39 is 5.54 Å². The molecule has 2 aliphatic heterocycles. The smallest absolute Gasteiger partial charge is 0.264 e. The van der Waals surface area contributed by atoms with Crippen LogP contribution >= 0.6 is 23.2 Å². The van der Waals surface area contributed by atoms with Crippen molar-refractivity contribution in [1.29, 1.82) is 5.26 Å². The fourth-order valence-electron chi connectivity index (χ4n) is 6.22. The average molecular weight is 715 g/mol. The lowest BCUT2D eigenvalue weighted by atomic mass is 9.97. The number of benzene rings is 1. The number of nitrogens with zero attached hydrogens (tertiary/aromatic N) is 6. The van der Waals surface area contributed by atoms with Crippen LogP contribution in [0.1, 0.15) is 26.7 Å². The number of pyridine rings is 1. The molecule has 0 unspecified atom stereocenters. The number of anilines is 1. The zero-order valence-corrected chi connectivity index (χ0v) is 29.9. The highest BCUT2D eigenvalue weighted by Crippen LogP contribution is 2.45. The second kappa shape index (κ2) is 15.7. The number of amides is 1. The molecule has 262 valence electrons. The predicted molar refractivity (Wildman–Crippen MR) is 188 cm³/mol. The second-order valence-corrected chi connectivity index (χ2v) is 13.1. The van der Waals surface area contributed by atoms with E-state index >= 15 is 0 Å². The van der Waals surface area contributed by atoms with E-state index in [1.54, 1.807) is 36.4 Å². The molecule has 0 saturated carbocycles. The van der Waals surface area contributed by atoms with Crippen molar-refractivity contribution in [3.8, 4) is 28.7 Å². The Labute approximate surface area is 295 Å². The minimum absolute atomic E-state index is 0.137. The van der Waals surface area contributed by atoms with E-state index in [1.165, 1.54) is 18.8 Å². The van der Waals surface area contributed by atoms with Gasteiger partial charge in [0.2, 0.25) is 5.95 Å². The molecule has 49 heavy (non-hydrogen) atoms. The van der Waals surface area contributed by atoms with Gasteiger partial charge in [-0.15, -0.1) is 0 Å². The van der Waals surface area contributed by atoms with Crippen molar-refractivity contribution < 1.29 is 23.7 Å². The summed E-state index contributed by atoms with van der Waals surface area (Å²) in [4.78, 5) is 40.3. The number of rotatable bonds is 11. The Hall–Kier alpha value is -3.93. The Morgan fingerprint density at radius 2 is 1.78 bits per heavy atom. The van der Waals surface area contributed by atoms with E-state index in [0.717, 1.165) is 13.1 Å². The van der Waals surface area contributed by atoms with Gasteiger partial charge in [-0.05, 0) is 38.8 Å². The minimum atomic E-state index is -0.459. The van der Waals surface area contributed by atoms with Crippen LogP contribution in [0.15, 0.2) is 34.8 Å². The molecule has 4 heterocycles. The first-order chi connectivity index (χ1) is 23.5. The highest BCUT2D eigenvalue weighted by Gasteiger charge is 2.31. The number of morpholine rings is 1. The Morgan fingerprint density at radius 1 is 1.12 bits per heavy atom. The summed E-state index contributed by atoms with van der Waals surface area (Å²) in [5, 5.41) is 13.7. The molecule has 13 nitrogen and oxygen atoms in total. The van der Waals surface area contributed by atoms with Gasteiger partial charge in [-0.1, -0.05) is 23.2 Å². The van der Waals surface area contributed by atoms with Gasteiger partial charge in [-0.25, -0.2) is 4.98 Å². The van der Waals surface area contributed by atoms with Gasteiger partial charge >= 0.3 is 0 Å². The van der Waals surface area contributed by atoms with Crippen molar-refractivity contribution in [2.45, 2.75) is 44.9 Å². The predicted octanol–water partition coefficient (Wildman–Crippen LogP) is 4.39. The number of carbonyl (C=O) groups excluding carboxylic acids is 1. The fourth-order valence-corrected chi connectivity index (χ4v) is 6.92. The molecule has 1 aromatic carbocycles. The third-order valence-corrected chi connectivity index (χ3v) is 9.72. The molecule has 3 aromatic rings. The lowest BCUT2D eigenvalue weighted by molar-refractivity contribution is -0.129. The largest absolute Gasteiger partial charge is 0.495 e. The van der Waals surface area contributed by atoms with Crippen LogP contribution < -0.4 is 20.3 Å². The number of nitrogens with one attached hydrogen (secondary N) is 1. The topological polar surface area (TPSA) is 144 Å². The normalized spacial score (nSPS) is 16.4. The highest BCUT2D eigenvalue weighted by atomic mass is 35.5. The number of likely N-dealkylation sites (tertiary alicyclic amines) is 1. The Bertz CT molecular complexity index is 1800. The first kappa shape index (κ1) is 36.4. The van der Waals surface area contributed by atoms with Gasteiger partial charge in [0.25, 0.3) is 11.5 Å². The number of carbonyl (C=O) groups is 1. The van der Waals surface area contributed by atoms with Gasteiger partial charge in [-0.2, -0.15) is 10.2 Å². The zero-order chi connectivity index (χ0) is 35.3. The van der Waals surface area contributed by atoms with Gasteiger partial charge in [-0.3, -0.25) is 19.1 Å². The molecule has 2 aliphatic rings. The number of nitriles is 1. The first-order valence-corrected chi connectivity index (χ1v) is 16.8. The highest BCUT2D eigenvalue weighted by molar-refractivity contribution is 6.41. The van der Waals surface area contributed by atoms with E-state index in [4.69, 9.17) is 42.1 Å². The molecule has 2 fully saturated rings. The molecule has 15 heteroatoms. The van der Waals surface area contributed by atoms with Crippen molar-refractivity contribution >= 4 is 46.1 Å². The maximum absolute atomic E-state index is 14.1. The Morgan fingerprint density at radius 3 is 2.37 bits per heavy atom. The lowest BCUT2D eigenvalue weighted by Gasteiger charge is -2.39. The maximum Gasteiger partial charge on any atom is 0.264 e. The fraction of sp³-hybridized carbons (Fsp3) is 0.500. The second-order valence-electron chi connectivity index (χ2n) is 12.3. The van der Waals surface area contributed by atoms with E-state index in [-0.39, 0.29) is 57.5 Å². The van der Waals surface area contributed by atoms with Crippen molar-refractivity contribution in [1.82, 2.24) is 24.3 Å². The van der Waals surface area contributed by atoms with Crippen LogP contribution in [0.3, 0.4) is 0 Å². The molecule has 0 aliphatic carbocycles. The molecule has 0 spiro atoms. The number of piperidine rings is 1. The standard InChI is InChI=1S/C34H41Cl2N7O6/c1-34(2,42-10-13-48-14-11-42)18-22(19-37)31(44)41-8-6-23(7-9-41)49-15-12-43-30-21(20-39-33(38-3)40-30)16-24(32(43)45)27-28(35)25(46-4)17-26(47-5)29(27)36/h16-18,20,23H,6-15H2,1-5H3,(H,38,39,40). The van der Waals surface area contributed by atoms with Crippen LogP contribution in [-0.4, -0.2) is 109 Å². The van der Waals surface area contributed by atoms with Crippen LogP contribution in [-0.2, 0) is 20.8 Å². The van der Waals surface area contributed by atoms with E-state index in [2.05, 4.69) is 26.3 Å². The molecular formula is C34H41Cl2N7O6. The molecule has 2 aromatic heterocycles. The summed E-state index contributed by atoms with van der Waals surface area (Å²) in [7, 11) is 4.63. The first-order valence-electron chi connectivity index (χ1n) is 16.1. The molecule has 0 bridgehead atoms. The number of hydrogen-bond donors (Lipinski definition) is 1. The summed E-state index contributed by atoms with van der Waals surface area (Å²) >= 11 is 13.4. The monoisotopic (exact) mass is 713 g/mol. The van der Waals surface area contributed by atoms with Crippen LogP contribution in [0.5, 0.6) is 11.5 Å². The van der Waals surface area contributed by atoms with Gasteiger partial charge in [0.15, 0.2) is 0 Å². The Balaban J connectivity index is 1.32. The number of aromatic nitrogens is 3. The summed E-state index contributed by atoms with van der Waals surface area (Å²) < 4.78 is 24.1. The molecule has 2 saturated heterocycles. The van der Waals surface area contributed by atoms with Gasteiger partial charge in [0, 0.05) is 62.0 Å². The average Bonchev–Trinajstić information content (AvgIpc) is 3.12. The number of fused-ring (bicyclic) bond motifs is 1. The van der Waals surface area contributed by atoms with E-state index in [1.807, 2.05) is 13.8 Å². The summed E-state index contributed by atoms with van der Waals surface area (Å²) in [6.45, 7) is 8.04. The molecular weight excluding hydrogens is 673 g/mol. The third kappa shape index (κ3) is 7.79. The van der Waals surface area contributed by atoms with Crippen molar-refractivity contribution in [3.05, 3.63) is 50.4 Å². The number of methoxy groups -OCH3 is 2. The molecule has 0 atom stereocenters. The molecule has 1 amide bonds. The van der Waals surface area contributed by atoms with Crippen LogP contribution in [0.2, 0.25) is 10.0 Å². The van der Waals surface area contributed by atoms with Crippen molar-refractivity contribution in [2.24, 2.45) is 0 Å². The van der Waals surface area contributed by atoms with E-state index in [0.29, 0.717) is 67.6 Å². The van der Waals surface area contributed by atoms with Crippen LogP contribution in [0.25, 0.3) is 22.2 Å². The van der Waals surface area contributed by atoms with E-state index in [9.17, 15) is 14.9 Å². The van der Waals surface area contributed by atoms with Crippen LogP contribution in [0, 0.1) is 11.3 Å². The summed E-state index contributed by atoms with van der Waals surface area (Å²) in [5.41, 5.74) is 0.209. The summed E-state index contributed by atoms with van der Waals surface area (Å²) in [6, 6.07) is 5.34. The summed E-state index contributed by atoms with van der Waals surface area (Å²) in [5.74, 6) is 0.683. The quantitative estimate of drug-likeness (QED) is 0.223. The summed E-state index contributed by atoms with van der Waals surface area (Å²) in [6.07, 6.45) is 4.43. The lowest BCUT2D eigenvalue weighted by Crippen LogP contribution is -2.49. The SMILES string of the molecule is CNc1ncc2cc(-c3c(Cl)c(OC)cc(OC)c3Cl)c(=O)n(CCOC3CCN(C(=O)C(C#N)=CC(C)(C)N4CCOCC4)CC3)c2n1. The molecule has 0 radical (unpaired) electrons. The number of halogens is 2. The minimum Gasteiger partial charge on any atom is -0.495 e. The van der Waals surface area contributed by atoms with Gasteiger partial charge in [0.1, 0.15) is 28.8 Å². The Kier molecular flexibility index (Phi) is 11.7. The van der Waals surface area contributed by atoms with Crippen molar-refractivity contribution in [3.63, 3.8) is 0 Å². The van der Waals surface area contributed by atoms with Gasteiger partial charge < -0.3 is 29.2 Å². The number of ether oxygens (including phenoxy) is 4. The van der Waals surface area contributed by atoms with Gasteiger partial charge in [0.05, 0.1) is 62.3 Å². The molecule has 1 N–H and O–H groups in total. The maximum atomic E-state index is 14.1.